The minimum absolute atomic E-state index is 0.00927. The summed E-state index contributed by atoms with van der Waals surface area (Å²) < 4.78 is 1.95. The van der Waals surface area contributed by atoms with E-state index in [9.17, 15) is 4.79 Å². The predicted octanol–water partition coefficient (Wildman–Crippen LogP) is 4.73. The van der Waals surface area contributed by atoms with Crippen LogP contribution in [0.15, 0.2) is 52.7 Å². The molecule has 0 aliphatic rings. The van der Waals surface area contributed by atoms with Crippen LogP contribution in [0, 0.1) is 5.92 Å². The summed E-state index contributed by atoms with van der Waals surface area (Å²) in [6.07, 6.45) is 0. The third-order valence-electron chi connectivity index (χ3n) is 4.45. The van der Waals surface area contributed by atoms with Crippen LogP contribution in [0.25, 0.3) is 22.6 Å². The first-order valence-electron chi connectivity index (χ1n) is 8.80. The molecule has 1 atom stereocenters. The highest BCUT2D eigenvalue weighted by molar-refractivity contribution is 7.10. The predicted molar refractivity (Wildman–Crippen MR) is 111 cm³/mol. The fourth-order valence-electron chi connectivity index (χ4n) is 3.15. The maximum Gasteiger partial charge on any atom is 0.240 e. The van der Waals surface area contributed by atoms with Crippen LogP contribution in [0.4, 0.5) is 0 Å². The number of aromatic nitrogens is 3. The number of para-hydroxylation sites is 2. The molecule has 4 rings (SSSR count). The van der Waals surface area contributed by atoms with Crippen LogP contribution in [0.5, 0.6) is 0 Å². The van der Waals surface area contributed by atoms with E-state index >= 15 is 0 Å². The summed E-state index contributed by atoms with van der Waals surface area (Å²) in [4.78, 5) is 23.2. The molecule has 5 nitrogen and oxygen atoms in total. The summed E-state index contributed by atoms with van der Waals surface area (Å²) in [5, 5.41) is 7.20. The molecule has 0 fully saturated rings. The van der Waals surface area contributed by atoms with Gasteiger partial charge in [-0.2, -0.15) is 0 Å². The second-order valence-corrected chi connectivity index (χ2v) is 8.39. The average Bonchev–Trinajstić information content (AvgIpc) is 3.40. The minimum atomic E-state index is -0.0262. The largest absolute Gasteiger partial charge is 0.347 e. The summed E-state index contributed by atoms with van der Waals surface area (Å²) in [6.45, 7) is 4.46. The Morgan fingerprint density at radius 2 is 2.07 bits per heavy atom. The standard InChI is InChI=1S/C20H20N4OS2/c1-13(2)19(17-8-5-9-27-17)23-18(25)10-24-16-7-4-3-6-14(16)22-20(24)15-11-26-12-21-15/h3-9,11-13,19H,10H2,1-2H3,(H,23,25). The lowest BCUT2D eigenvalue weighted by atomic mass is 10.0. The Morgan fingerprint density at radius 3 is 2.78 bits per heavy atom. The lowest BCUT2D eigenvalue weighted by molar-refractivity contribution is -0.122. The Balaban J connectivity index is 1.65. The number of rotatable bonds is 6. The highest BCUT2D eigenvalue weighted by atomic mass is 32.1. The van der Waals surface area contributed by atoms with Gasteiger partial charge in [0.25, 0.3) is 0 Å². The summed E-state index contributed by atoms with van der Waals surface area (Å²) in [6, 6.07) is 12.0. The quantitative estimate of drug-likeness (QED) is 0.512. The van der Waals surface area contributed by atoms with Crippen LogP contribution in [0.3, 0.4) is 0 Å². The fraction of sp³-hybridized carbons (Fsp3) is 0.250. The number of thiazole rings is 1. The zero-order chi connectivity index (χ0) is 18.8. The highest BCUT2D eigenvalue weighted by Gasteiger charge is 2.21. The van der Waals surface area contributed by atoms with Crippen molar-refractivity contribution in [3.05, 3.63) is 57.5 Å². The first-order valence-corrected chi connectivity index (χ1v) is 10.6. The van der Waals surface area contributed by atoms with Crippen molar-refractivity contribution in [1.82, 2.24) is 19.9 Å². The molecule has 0 bridgehead atoms. The Morgan fingerprint density at radius 1 is 1.22 bits per heavy atom. The number of hydrogen-bond acceptors (Lipinski definition) is 5. The molecule has 7 heteroatoms. The molecule has 138 valence electrons. The second-order valence-electron chi connectivity index (χ2n) is 6.69. The van der Waals surface area contributed by atoms with Crippen LogP contribution in [0.1, 0.15) is 24.8 Å². The summed E-state index contributed by atoms with van der Waals surface area (Å²) in [5.41, 5.74) is 4.38. The number of imidazole rings is 1. The van der Waals surface area contributed by atoms with Gasteiger partial charge in [-0.15, -0.1) is 22.7 Å². The molecule has 27 heavy (non-hydrogen) atoms. The van der Waals surface area contributed by atoms with Crippen LogP contribution in [-0.2, 0) is 11.3 Å². The number of carbonyl (C=O) groups excluding carboxylic acids is 1. The fourth-order valence-corrected chi connectivity index (χ4v) is 4.63. The SMILES string of the molecule is CC(C)C(NC(=O)Cn1c(-c2cscn2)nc2ccccc21)c1cccs1. The smallest absolute Gasteiger partial charge is 0.240 e. The monoisotopic (exact) mass is 396 g/mol. The van der Waals surface area contributed by atoms with E-state index < -0.39 is 0 Å². The minimum Gasteiger partial charge on any atom is -0.347 e. The highest BCUT2D eigenvalue weighted by Crippen LogP contribution is 2.27. The van der Waals surface area contributed by atoms with Crippen molar-refractivity contribution in [3.63, 3.8) is 0 Å². The topological polar surface area (TPSA) is 59.8 Å². The van der Waals surface area contributed by atoms with Gasteiger partial charge >= 0.3 is 0 Å². The van der Waals surface area contributed by atoms with Gasteiger partial charge in [0.2, 0.25) is 5.91 Å². The van der Waals surface area contributed by atoms with Crippen molar-refractivity contribution in [2.75, 3.05) is 0 Å². The molecule has 1 N–H and O–H groups in total. The number of fused-ring (bicyclic) bond motifs is 1. The Hall–Kier alpha value is -2.51. The zero-order valence-corrected chi connectivity index (χ0v) is 16.8. The van der Waals surface area contributed by atoms with Gasteiger partial charge in [0.05, 0.1) is 22.6 Å². The number of benzene rings is 1. The Bertz CT molecular complexity index is 1040. The molecule has 3 heterocycles. The van der Waals surface area contributed by atoms with Crippen molar-refractivity contribution in [2.45, 2.75) is 26.4 Å². The Kier molecular flexibility index (Phi) is 5.05. The molecule has 1 unspecified atom stereocenters. The van der Waals surface area contributed by atoms with Crippen molar-refractivity contribution in [1.29, 1.82) is 0 Å². The first kappa shape index (κ1) is 17.9. The van der Waals surface area contributed by atoms with E-state index in [0.717, 1.165) is 22.6 Å². The van der Waals surface area contributed by atoms with Gasteiger partial charge in [0.1, 0.15) is 12.2 Å². The molecule has 0 spiro atoms. The van der Waals surface area contributed by atoms with E-state index in [0.29, 0.717) is 5.92 Å². The molecular formula is C20H20N4OS2. The number of nitrogens with one attached hydrogen (secondary N) is 1. The molecule has 0 saturated carbocycles. The van der Waals surface area contributed by atoms with Crippen molar-refractivity contribution in [3.8, 4) is 11.5 Å². The molecule has 1 amide bonds. The molecule has 1 aromatic carbocycles. The number of hydrogen-bond donors (Lipinski definition) is 1. The number of thiophene rings is 1. The maximum atomic E-state index is 12.9. The van der Waals surface area contributed by atoms with Crippen LogP contribution >= 0.6 is 22.7 Å². The van der Waals surface area contributed by atoms with E-state index in [2.05, 4.69) is 30.2 Å². The van der Waals surface area contributed by atoms with E-state index in [-0.39, 0.29) is 18.5 Å². The normalized spacial score (nSPS) is 12.6. The van der Waals surface area contributed by atoms with Gasteiger partial charge in [0.15, 0.2) is 5.82 Å². The average molecular weight is 397 g/mol. The van der Waals surface area contributed by atoms with Gasteiger partial charge in [-0.1, -0.05) is 32.0 Å². The molecule has 0 aliphatic heterocycles. The van der Waals surface area contributed by atoms with Gasteiger partial charge in [-0.3, -0.25) is 4.79 Å². The maximum absolute atomic E-state index is 12.9. The molecular weight excluding hydrogens is 376 g/mol. The summed E-state index contributed by atoms with van der Waals surface area (Å²) in [5.74, 6) is 1.01. The number of amides is 1. The number of nitrogens with zero attached hydrogens (tertiary/aromatic N) is 3. The first-order chi connectivity index (χ1) is 13.1. The van der Waals surface area contributed by atoms with E-state index in [4.69, 9.17) is 4.98 Å². The summed E-state index contributed by atoms with van der Waals surface area (Å²) in [7, 11) is 0. The van der Waals surface area contributed by atoms with E-state index in [1.807, 2.05) is 45.7 Å². The molecule has 0 saturated heterocycles. The lowest BCUT2D eigenvalue weighted by Gasteiger charge is -2.21. The van der Waals surface area contributed by atoms with Crippen LogP contribution in [0.2, 0.25) is 0 Å². The lowest BCUT2D eigenvalue weighted by Crippen LogP contribution is -2.33. The zero-order valence-electron chi connectivity index (χ0n) is 15.1. The van der Waals surface area contributed by atoms with Crippen molar-refractivity contribution in [2.24, 2.45) is 5.92 Å². The van der Waals surface area contributed by atoms with Gasteiger partial charge < -0.3 is 9.88 Å². The van der Waals surface area contributed by atoms with Crippen LogP contribution < -0.4 is 5.32 Å². The third kappa shape index (κ3) is 3.65. The molecule has 0 radical (unpaired) electrons. The van der Waals surface area contributed by atoms with E-state index in [1.165, 1.54) is 16.2 Å². The molecule has 0 aliphatic carbocycles. The third-order valence-corrected chi connectivity index (χ3v) is 5.99. The van der Waals surface area contributed by atoms with Crippen LogP contribution in [-0.4, -0.2) is 20.4 Å². The van der Waals surface area contributed by atoms with E-state index in [1.54, 1.807) is 16.8 Å². The van der Waals surface area contributed by atoms with Gasteiger partial charge in [-0.05, 0) is 29.5 Å². The molecule has 3 aromatic heterocycles. The van der Waals surface area contributed by atoms with Gasteiger partial charge in [-0.25, -0.2) is 9.97 Å². The van der Waals surface area contributed by atoms with Crippen molar-refractivity contribution >= 4 is 39.6 Å². The molecule has 4 aromatic rings. The second kappa shape index (κ2) is 7.62. The van der Waals surface area contributed by atoms with Gasteiger partial charge in [0, 0.05) is 10.3 Å². The summed E-state index contributed by atoms with van der Waals surface area (Å²) >= 11 is 3.19. The number of carbonyl (C=O) groups is 1. The van der Waals surface area contributed by atoms with Crippen molar-refractivity contribution < 1.29 is 4.79 Å². The Labute approximate surface area is 165 Å².